The van der Waals surface area contributed by atoms with Gasteiger partial charge >= 0.3 is 0 Å². The van der Waals surface area contributed by atoms with Crippen molar-refractivity contribution in [3.05, 3.63) is 34.9 Å². The van der Waals surface area contributed by atoms with Gasteiger partial charge in [0, 0.05) is 10.8 Å². The maximum atomic E-state index is 9.21. The van der Waals surface area contributed by atoms with Crippen LogP contribution in [0.15, 0.2) is 24.3 Å². The lowest BCUT2D eigenvalue weighted by Crippen LogP contribution is -2.40. The van der Waals surface area contributed by atoms with Crippen LogP contribution >= 0.6 is 23.4 Å². The van der Waals surface area contributed by atoms with Crippen molar-refractivity contribution in [2.24, 2.45) is 0 Å². The Morgan fingerprint density at radius 3 is 2.74 bits per heavy atom. The average Bonchev–Trinajstić information content (AvgIpc) is 2.45. The van der Waals surface area contributed by atoms with E-state index in [-0.39, 0.29) is 5.54 Å². The molecule has 0 bridgehead atoms. The van der Waals surface area contributed by atoms with Crippen molar-refractivity contribution >= 4 is 23.4 Å². The van der Waals surface area contributed by atoms with Gasteiger partial charge in [0.2, 0.25) is 0 Å². The van der Waals surface area contributed by atoms with Crippen LogP contribution in [0.2, 0.25) is 5.02 Å². The van der Waals surface area contributed by atoms with Gasteiger partial charge in [-0.25, -0.2) is 0 Å². The zero-order chi connectivity index (χ0) is 14.1. The number of rotatable bonds is 8. The minimum atomic E-state index is -0.356. The highest BCUT2D eigenvalue weighted by Gasteiger charge is 2.24. The van der Waals surface area contributed by atoms with Crippen molar-refractivity contribution in [2.75, 3.05) is 12.8 Å². The van der Waals surface area contributed by atoms with E-state index in [1.807, 2.05) is 37.0 Å². The van der Waals surface area contributed by atoms with E-state index >= 15 is 0 Å². The molecule has 19 heavy (non-hydrogen) atoms. The van der Waals surface area contributed by atoms with Crippen molar-refractivity contribution in [1.82, 2.24) is 5.32 Å². The zero-order valence-corrected chi connectivity index (χ0v) is 13.2. The summed E-state index contributed by atoms with van der Waals surface area (Å²) in [4.78, 5) is 0. The van der Waals surface area contributed by atoms with Crippen LogP contribution in [0.25, 0.3) is 0 Å². The highest BCUT2D eigenvalue weighted by atomic mass is 35.5. The van der Waals surface area contributed by atoms with Crippen molar-refractivity contribution in [3.63, 3.8) is 0 Å². The molecule has 2 nitrogen and oxygen atoms in total. The van der Waals surface area contributed by atoms with E-state index in [0.717, 1.165) is 35.8 Å². The van der Waals surface area contributed by atoms with Crippen LogP contribution in [0.5, 0.6) is 0 Å². The molecule has 0 aliphatic heterocycles. The van der Waals surface area contributed by atoms with E-state index in [2.05, 4.69) is 24.4 Å². The zero-order valence-electron chi connectivity index (χ0n) is 11.6. The van der Waals surface area contributed by atoms with E-state index in [0.29, 0.717) is 0 Å². The molecule has 1 unspecified atom stereocenters. The van der Waals surface area contributed by atoms with Crippen LogP contribution in [0.4, 0.5) is 0 Å². The Morgan fingerprint density at radius 1 is 1.42 bits per heavy atom. The molecule has 104 valence electrons. The molecule has 0 aromatic heterocycles. The second kappa shape index (κ2) is 8.47. The standard InChI is InChI=1S/C15H21ClN2S/c1-3-15(12-17,18-2)9-6-10-19-11-13-7-4-5-8-14(13)16/h4-5,7-8,18H,3,6,9-11H2,1-2H3. The maximum Gasteiger partial charge on any atom is 0.106 e. The van der Waals surface area contributed by atoms with Gasteiger partial charge in [0.15, 0.2) is 0 Å². The number of benzene rings is 1. The molecule has 1 atom stereocenters. The van der Waals surface area contributed by atoms with Gasteiger partial charge < -0.3 is 5.32 Å². The van der Waals surface area contributed by atoms with Crippen LogP contribution in [0, 0.1) is 11.3 Å². The van der Waals surface area contributed by atoms with Gasteiger partial charge in [0.25, 0.3) is 0 Å². The summed E-state index contributed by atoms with van der Waals surface area (Å²) in [5.41, 5.74) is 0.829. The molecule has 0 saturated heterocycles. The van der Waals surface area contributed by atoms with E-state index in [9.17, 15) is 5.26 Å². The fraction of sp³-hybridized carbons (Fsp3) is 0.533. The molecule has 0 aliphatic rings. The Hall–Kier alpha value is -0.690. The third-order valence-corrected chi connectivity index (χ3v) is 4.86. The summed E-state index contributed by atoms with van der Waals surface area (Å²) in [7, 11) is 1.86. The Kier molecular flexibility index (Phi) is 7.30. The first kappa shape index (κ1) is 16.4. The summed E-state index contributed by atoms with van der Waals surface area (Å²) in [6.07, 6.45) is 2.78. The van der Waals surface area contributed by atoms with Gasteiger partial charge in [-0.1, -0.05) is 36.7 Å². The molecule has 1 rings (SSSR count). The predicted molar refractivity (Wildman–Crippen MR) is 84.5 cm³/mol. The summed E-state index contributed by atoms with van der Waals surface area (Å²) < 4.78 is 0. The number of halogens is 1. The van der Waals surface area contributed by atoms with Gasteiger partial charge in [0.05, 0.1) is 6.07 Å². The molecular weight excluding hydrogens is 276 g/mol. The topological polar surface area (TPSA) is 35.8 Å². The lowest BCUT2D eigenvalue weighted by Gasteiger charge is -2.24. The van der Waals surface area contributed by atoms with E-state index in [1.165, 1.54) is 5.56 Å². The number of nitriles is 1. The van der Waals surface area contributed by atoms with Gasteiger partial charge in [-0.05, 0) is 43.7 Å². The monoisotopic (exact) mass is 296 g/mol. The SMILES string of the molecule is CCC(C#N)(CCCSCc1ccccc1Cl)NC. The molecule has 4 heteroatoms. The van der Waals surface area contributed by atoms with E-state index in [4.69, 9.17) is 11.6 Å². The fourth-order valence-electron chi connectivity index (χ4n) is 1.94. The second-order valence-corrected chi connectivity index (χ2v) is 6.06. The molecule has 0 fully saturated rings. The normalized spacial score (nSPS) is 13.8. The first-order valence-electron chi connectivity index (χ1n) is 6.59. The Bertz CT molecular complexity index is 424. The summed E-state index contributed by atoms with van der Waals surface area (Å²) in [6.45, 7) is 2.05. The van der Waals surface area contributed by atoms with Crippen LogP contribution in [0.3, 0.4) is 0 Å². The highest BCUT2D eigenvalue weighted by molar-refractivity contribution is 7.98. The highest BCUT2D eigenvalue weighted by Crippen LogP contribution is 2.23. The van der Waals surface area contributed by atoms with Gasteiger partial charge in [-0.2, -0.15) is 17.0 Å². The van der Waals surface area contributed by atoms with Gasteiger partial charge in [-0.15, -0.1) is 0 Å². The smallest absolute Gasteiger partial charge is 0.106 e. The van der Waals surface area contributed by atoms with Crippen LogP contribution in [-0.2, 0) is 5.75 Å². The second-order valence-electron chi connectivity index (χ2n) is 4.55. The van der Waals surface area contributed by atoms with Gasteiger partial charge in [0.1, 0.15) is 5.54 Å². The quantitative estimate of drug-likeness (QED) is 0.729. The first-order chi connectivity index (χ1) is 9.17. The van der Waals surface area contributed by atoms with E-state index < -0.39 is 0 Å². The Morgan fingerprint density at radius 2 is 2.16 bits per heavy atom. The van der Waals surface area contributed by atoms with Crippen LogP contribution in [-0.4, -0.2) is 18.3 Å². The largest absolute Gasteiger partial charge is 0.302 e. The third-order valence-electron chi connectivity index (χ3n) is 3.40. The molecule has 1 N–H and O–H groups in total. The molecule has 0 heterocycles. The maximum absolute atomic E-state index is 9.21. The van der Waals surface area contributed by atoms with Crippen molar-refractivity contribution in [1.29, 1.82) is 5.26 Å². The third kappa shape index (κ3) is 5.06. The summed E-state index contributed by atoms with van der Waals surface area (Å²) in [6, 6.07) is 10.3. The number of hydrogen-bond donors (Lipinski definition) is 1. The summed E-state index contributed by atoms with van der Waals surface area (Å²) in [5, 5.41) is 13.2. The molecular formula is C15H21ClN2S. The molecule has 0 radical (unpaired) electrons. The Balaban J connectivity index is 2.29. The number of hydrogen-bond acceptors (Lipinski definition) is 3. The van der Waals surface area contributed by atoms with E-state index in [1.54, 1.807) is 0 Å². The molecule has 1 aromatic carbocycles. The molecule has 0 amide bonds. The van der Waals surface area contributed by atoms with Crippen molar-refractivity contribution in [3.8, 4) is 6.07 Å². The molecule has 0 saturated carbocycles. The minimum absolute atomic E-state index is 0.356. The minimum Gasteiger partial charge on any atom is -0.302 e. The predicted octanol–water partition coefficient (Wildman–Crippen LogP) is 4.25. The number of thioether (sulfide) groups is 1. The summed E-state index contributed by atoms with van der Waals surface area (Å²) in [5.74, 6) is 1.99. The lowest BCUT2D eigenvalue weighted by molar-refractivity contribution is 0.400. The van der Waals surface area contributed by atoms with Crippen LogP contribution in [0.1, 0.15) is 31.7 Å². The van der Waals surface area contributed by atoms with Gasteiger partial charge in [-0.3, -0.25) is 0 Å². The van der Waals surface area contributed by atoms with Crippen LogP contribution < -0.4 is 5.32 Å². The van der Waals surface area contributed by atoms with Crippen molar-refractivity contribution in [2.45, 2.75) is 37.5 Å². The number of nitrogens with one attached hydrogen (secondary N) is 1. The molecule has 0 spiro atoms. The lowest BCUT2D eigenvalue weighted by atomic mass is 9.93. The van der Waals surface area contributed by atoms with Crippen molar-refractivity contribution < 1.29 is 0 Å². The number of nitrogens with zero attached hydrogens (tertiary/aromatic N) is 1. The molecule has 1 aromatic rings. The Labute approximate surface area is 125 Å². The molecule has 0 aliphatic carbocycles. The average molecular weight is 297 g/mol. The first-order valence-corrected chi connectivity index (χ1v) is 8.12. The summed E-state index contributed by atoms with van der Waals surface area (Å²) >= 11 is 7.98. The fourth-order valence-corrected chi connectivity index (χ4v) is 3.19.